The van der Waals surface area contributed by atoms with Gasteiger partial charge in [0, 0.05) is 12.5 Å². The van der Waals surface area contributed by atoms with E-state index in [1.165, 1.54) is 0 Å². The summed E-state index contributed by atoms with van der Waals surface area (Å²) in [6.07, 6.45) is 4.05. The quantitative estimate of drug-likeness (QED) is 0.576. The summed E-state index contributed by atoms with van der Waals surface area (Å²) in [6.45, 7) is 3.85. The zero-order valence-electron chi connectivity index (χ0n) is 6.62. The maximum absolute atomic E-state index is 9.20. The van der Waals surface area contributed by atoms with E-state index >= 15 is 0 Å². The molecule has 0 aliphatic heterocycles. The van der Waals surface area contributed by atoms with E-state index in [2.05, 4.69) is 0 Å². The van der Waals surface area contributed by atoms with Gasteiger partial charge in [-0.25, -0.2) is 0 Å². The molecule has 60 valence electrons. The maximum atomic E-state index is 9.20. The Labute approximate surface area is 62.2 Å². The normalized spacial score (nSPS) is 17.6. The molecule has 0 spiro atoms. The molecule has 0 radical (unpaired) electrons. The average molecular weight is 144 g/mol. The molecule has 0 saturated heterocycles. The highest BCUT2D eigenvalue weighted by atomic mass is 16.3. The van der Waals surface area contributed by atoms with Crippen LogP contribution in [-0.2, 0) is 0 Å². The fourth-order valence-corrected chi connectivity index (χ4v) is 0.573. The van der Waals surface area contributed by atoms with Crippen LogP contribution in [0.15, 0.2) is 12.2 Å². The summed E-state index contributed by atoms with van der Waals surface area (Å²) in [5.41, 5.74) is 0. The summed E-state index contributed by atoms with van der Waals surface area (Å²) < 4.78 is 0. The Morgan fingerprint density at radius 1 is 1.50 bits per heavy atom. The second-order valence-corrected chi connectivity index (χ2v) is 2.49. The van der Waals surface area contributed by atoms with Crippen LogP contribution >= 0.6 is 0 Å². The monoisotopic (exact) mass is 144 g/mol. The first-order valence-electron chi connectivity index (χ1n) is 3.68. The van der Waals surface area contributed by atoms with Crippen molar-refractivity contribution in [2.24, 2.45) is 5.92 Å². The molecule has 2 heteroatoms. The minimum absolute atomic E-state index is 0.0369. The number of allylic oxidation sites excluding steroid dienone is 1. The minimum Gasteiger partial charge on any atom is -0.396 e. The second-order valence-electron chi connectivity index (χ2n) is 2.49. The van der Waals surface area contributed by atoms with E-state index in [0.717, 1.165) is 6.42 Å². The molecule has 2 N–H and O–H groups in total. The lowest BCUT2D eigenvalue weighted by Gasteiger charge is -2.11. The molecule has 0 aromatic rings. The van der Waals surface area contributed by atoms with Gasteiger partial charge in [0.15, 0.2) is 0 Å². The van der Waals surface area contributed by atoms with Gasteiger partial charge in [-0.05, 0) is 6.42 Å². The first-order chi connectivity index (χ1) is 4.72. The molecule has 0 aromatic carbocycles. The van der Waals surface area contributed by atoms with Crippen molar-refractivity contribution in [1.82, 2.24) is 0 Å². The van der Waals surface area contributed by atoms with Crippen LogP contribution in [0.5, 0.6) is 0 Å². The summed E-state index contributed by atoms with van der Waals surface area (Å²) >= 11 is 0. The first-order valence-corrected chi connectivity index (χ1v) is 3.68. The van der Waals surface area contributed by atoms with Crippen LogP contribution in [-0.4, -0.2) is 22.9 Å². The maximum Gasteiger partial charge on any atom is 0.0768 e. The summed E-state index contributed by atoms with van der Waals surface area (Å²) in [6, 6.07) is 0. The summed E-state index contributed by atoms with van der Waals surface area (Å²) in [7, 11) is 0. The highest BCUT2D eigenvalue weighted by Gasteiger charge is 2.07. The third-order valence-corrected chi connectivity index (χ3v) is 1.44. The largest absolute Gasteiger partial charge is 0.396 e. The molecular weight excluding hydrogens is 128 g/mol. The van der Waals surface area contributed by atoms with Gasteiger partial charge in [-0.1, -0.05) is 26.0 Å². The van der Waals surface area contributed by atoms with Crippen molar-refractivity contribution < 1.29 is 10.2 Å². The number of rotatable bonds is 4. The molecule has 2 nitrogen and oxygen atoms in total. The molecule has 2 atom stereocenters. The number of hydrogen-bond acceptors (Lipinski definition) is 2. The Morgan fingerprint density at radius 3 is 2.50 bits per heavy atom. The highest BCUT2D eigenvalue weighted by molar-refractivity contribution is 4.89. The van der Waals surface area contributed by atoms with Gasteiger partial charge in [-0.3, -0.25) is 0 Å². The molecule has 0 aliphatic carbocycles. The van der Waals surface area contributed by atoms with E-state index < -0.39 is 6.10 Å². The molecule has 0 rings (SSSR count). The van der Waals surface area contributed by atoms with Crippen LogP contribution in [0, 0.1) is 5.92 Å². The Morgan fingerprint density at radius 2 is 2.10 bits per heavy atom. The fraction of sp³-hybridized carbons (Fsp3) is 0.750. The molecule has 10 heavy (non-hydrogen) atoms. The van der Waals surface area contributed by atoms with Crippen molar-refractivity contribution in [2.75, 3.05) is 6.61 Å². The zero-order valence-corrected chi connectivity index (χ0v) is 6.62. The van der Waals surface area contributed by atoms with E-state index in [-0.39, 0.29) is 12.5 Å². The van der Waals surface area contributed by atoms with Gasteiger partial charge < -0.3 is 10.2 Å². The van der Waals surface area contributed by atoms with Crippen LogP contribution in [0.1, 0.15) is 20.3 Å². The lowest BCUT2D eigenvalue weighted by molar-refractivity contribution is 0.111. The lowest BCUT2D eigenvalue weighted by Crippen LogP contribution is -2.17. The van der Waals surface area contributed by atoms with Crippen LogP contribution in [0.4, 0.5) is 0 Å². The standard InChI is InChI=1S/C8H16O2/c1-3-4-5-8(10)7(2)6-9/h4-5,7-10H,3,6H2,1-2H3. The van der Waals surface area contributed by atoms with Gasteiger partial charge in [-0.15, -0.1) is 0 Å². The molecule has 0 heterocycles. The molecule has 0 aliphatic rings. The second kappa shape index (κ2) is 5.45. The molecule has 0 bridgehead atoms. The molecule has 0 fully saturated rings. The fourth-order valence-electron chi connectivity index (χ4n) is 0.573. The number of aliphatic hydroxyl groups excluding tert-OH is 2. The average Bonchev–Trinajstić information content (AvgIpc) is 1.98. The van der Waals surface area contributed by atoms with Crippen molar-refractivity contribution in [3.05, 3.63) is 12.2 Å². The van der Waals surface area contributed by atoms with E-state index in [1.807, 2.05) is 19.9 Å². The SMILES string of the molecule is CCC=CC(O)C(C)CO. The highest BCUT2D eigenvalue weighted by Crippen LogP contribution is 2.02. The predicted octanol–water partition coefficient (Wildman–Crippen LogP) is 0.942. The topological polar surface area (TPSA) is 40.5 Å². The van der Waals surface area contributed by atoms with Crippen molar-refractivity contribution in [2.45, 2.75) is 26.4 Å². The van der Waals surface area contributed by atoms with Crippen LogP contribution in [0.25, 0.3) is 0 Å². The van der Waals surface area contributed by atoms with Crippen molar-refractivity contribution >= 4 is 0 Å². The Kier molecular flexibility index (Phi) is 5.26. The van der Waals surface area contributed by atoms with Crippen molar-refractivity contribution in [3.63, 3.8) is 0 Å². The van der Waals surface area contributed by atoms with E-state index in [0.29, 0.717) is 0 Å². The predicted molar refractivity (Wildman–Crippen MR) is 41.7 cm³/mol. The van der Waals surface area contributed by atoms with Gasteiger partial charge in [0.2, 0.25) is 0 Å². The van der Waals surface area contributed by atoms with Crippen molar-refractivity contribution in [3.8, 4) is 0 Å². The van der Waals surface area contributed by atoms with E-state index in [4.69, 9.17) is 5.11 Å². The minimum atomic E-state index is -0.495. The van der Waals surface area contributed by atoms with Gasteiger partial charge in [0.05, 0.1) is 6.10 Å². The molecule has 0 amide bonds. The van der Waals surface area contributed by atoms with Crippen LogP contribution < -0.4 is 0 Å². The van der Waals surface area contributed by atoms with Crippen LogP contribution in [0.2, 0.25) is 0 Å². The van der Waals surface area contributed by atoms with Crippen LogP contribution in [0.3, 0.4) is 0 Å². The van der Waals surface area contributed by atoms with E-state index in [9.17, 15) is 5.11 Å². The Bertz CT molecular complexity index is 99.4. The third kappa shape index (κ3) is 3.64. The van der Waals surface area contributed by atoms with Gasteiger partial charge in [-0.2, -0.15) is 0 Å². The molecule has 2 unspecified atom stereocenters. The van der Waals surface area contributed by atoms with Crippen molar-refractivity contribution in [1.29, 1.82) is 0 Å². The molecule has 0 saturated carbocycles. The Hall–Kier alpha value is -0.340. The molecular formula is C8H16O2. The smallest absolute Gasteiger partial charge is 0.0768 e. The number of aliphatic hydroxyl groups is 2. The van der Waals surface area contributed by atoms with Gasteiger partial charge in [0.25, 0.3) is 0 Å². The zero-order chi connectivity index (χ0) is 7.98. The van der Waals surface area contributed by atoms with E-state index in [1.54, 1.807) is 6.08 Å². The van der Waals surface area contributed by atoms with Gasteiger partial charge in [0.1, 0.15) is 0 Å². The lowest BCUT2D eigenvalue weighted by atomic mass is 10.1. The summed E-state index contributed by atoms with van der Waals surface area (Å²) in [4.78, 5) is 0. The first kappa shape index (κ1) is 9.66. The Balaban J connectivity index is 3.60. The summed E-state index contributed by atoms with van der Waals surface area (Å²) in [5.74, 6) is -0.0530. The molecule has 0 aromatic heterocycles. The summed E-state index contributed by atoms with van der Waals surface area (Å²) in [5, 5.41) is 17.8. The number of hydrogen-bond donors (Lipinski definition) is 2. The van der Waals surface area contributed by atoms with Gasteiger partial charge >= 0.3 is 0 Å². The third-order valence-electron chi connectivity index (χ3n) is 1.44.